The molecule has 4 aliphatic heterocycles. The summed E-state index contributed by atoms with van der Waals surface area (Å²) in [6, 6.07) is 0. The second-order valence-corrected chi connectivity index (χ2v) is 11.5. The summed E-state index contributed by atoms with van der Waals surface area (Å²) in [4.78, 5) is 23.5. The van der Waals surface area contributed by atoms with Crippen molar-refractivity contribution in [3.63, 3.8) is 0 Å². The summed E-state index contributed by atoms with van der Waals surface area (Å²) >= 11 is 0. The SMILES string of the molecule is CC1CCC2=C(COC2)C2CC3OC34C(OC(=O)OCCC(=O)O)C3(C(C)C)OC3C3OC34C12. The van der Waals surface area contributed by atoms with Crippen LogP contribution in [0.4, 0.5) is 4.79 Å². The maximum absolute atomic E-state index is 12.7. The molecule has 1 N–H and O–H groups in total. The van der Waals surface area contributed by atoms with Crippen molar-refractivity contribution in [3.8, 4) is 0 Å². The molecule has 7 aliphatic rings. The molecule has 4 heterocycles. The van der Waals surface area contributed by atoms with Crippen LogP contribution in [-0.2, 0) is 33.2 Å². The molecule has 34 heavy (non-hydrogen) atoms. The van der Waals surface area contributed by atoms with Crippen LogP contribution in [0.25, 0.3) is 0 Å². The summed E-state index contributed by atoms with van der Waals surface area (Å²) in [6.45, 7) is 7.65. The third-order valence-electron chi connectivity index (χ3n) is 9.85. The third kappa shape index (κ3) is 2.44. The molecule has 9 nitrogen and oxygen atoms in total. The van der Waals surface area contributed by atoms with E-state index in [4.69, 9.17) is 33.5 Å². The zero-order valence-corrected chi connectivity index (χ0v) is 19.8. The Balaban J connectivity index is 1.25. The lowest BCUT2D eigenvalue weighted by Crippen LogP contribution is -2.67. The number of fused-ring (bicyclic) bond motifs is 4. The molecular weight excluding hydrogens is 444 g/mol. The van der Waals surface area contributed by atoms with Crippen LogP contribution in [0.3, 0.4) is 0 Å². The van der Waals surface area contributed by atoms with Gasteiger partial charge in [-0.15, -0.1) is 0 Å². The fourth-order valence-electron chi connectivity index (χ4n) is 8.36. The van der Waals surface area contributed by atoms with E-state index in [1.807, 2.05) is 0 Å². The monoisotopic (exact) mass is 476 g/mol. The Bertz CT molecular complexity index is 991. The van der Waals surface area contributed by atoms with Gasteiger partial charge in [0.1, 0.15) is 30.0 Å². The molecule has 0 radical (unpaired) electrons. The molecule has 0 aromatic rings. The summed E-state index contributed by atoms with van der Waals surface area (Å²) in [5.74, 6) is 0.0639. The van der Waals surface area contributed by atoms with E-state index in [9.17, 15) is 9.59 Å². The zero-order valence-electron chi connectivity index (χ0n) is 19.8. The largest absolute Gasteiger partial charge is 0.508 e. The predicted molar refractivity (Wildman–Crippen MR) is 114 cm³/mol. The molecule has 5 fully saturated rings. The highest BCUT2D eigenvalue weighted by Gasteiger charge is 2.99. The molecule has 10 atom stereocenters. The van der Waals surface area contributed by atoms with Gasteiger partial charge < -0.3 is 33.5 Å². The molecule has 3 saturated heterocycles. The molecule has 186 valence electrons. The van der Waals surface area contributed by atoms with Gasteiger partial charge in [0.25, 0.3) is 0 Å². The second kappa shape index (κ2) is 6.75. The number of rotatable bonds is 5. The summed E-state index contributed by atoms with van der Waals surface area (Å²) in [6.07, 6.45) is 0.899. The summed E-state index contributed by atoms with van der Waals surface area (Å²) in [5.41, 5.74) is 0.917. The number of hydrogen-bond acceptors (Lipinski definition) is 8. The first-order valence-electron chi connectivity index (χ1n) is 12.6. The standard InChI is InChI=1S/C25H32O9/c1-11(2)23-19(33-23)20-25(34-20)18-12(3)4-5-13-9-29-10-15(13)14(18)8-16-24(25,32-16)21(23)31-22(28)30-7-6-17(26)27/h11-12,14,16,18-21H,4-10H2,1-3H3,(H,26,27). The molecular formula is C25H32O9. The number of carbonyl (C=O) groups is 2. The van der Waals surface area contributed by atoms with Crippen LogP contribution in [0.2, 0.25) is 0 Å². The molecule has 0 aromatic carbocycles. The van der Waals surface area contributed by atoms with Crippen molar-refractivity contribution in [3.05, 3.63) is 11.1 Å². The lowest BCUT2D eigenvalue weighted by Gasteiger charge is -2.47. The van der Waals surface area contributed by atoms with Gasteiger partial charge in [0.2, 0.25) is 0 Å². The Morgan fingerprint density at radius 1 is 1.15 bits per heavy atom. The van der Waals surface area contributed by atoms with Gasteiger partial charge in [-0.05, 0) is 48.2 Å². The molecule has 2 saturated carbocycles. The minimum absolute atomic E-state index is 0.0671. The molecule has 3 aliphatic carbocycles. The quantitative estimate of drug-likeness (QED) is 0.362. The van der Waals surface area contributed by atoms with Crippen molar-refractivity contribution < 1.29 is 43.1 Å². The Morgan fingerprint density at radius 3 is 2.74 bits per heavy atom. The van der Waals surface area contributed by atoms with Gasteiger partial charge >= 0.3 is 12.1 Å². The Kier molecular flexibility index (Phi) is 4.29. The molecule has 0 amide bonds. The lowest BCUT2D eigenvalue weighted by atomic mass is 9.53. The van der Waals surface area contributed by atoms with Gasteiger partial charge in [-0.3, -0.25) is 4.79 Å². The maximum Gasteiger partial charge on any atom is 0.508 e. The first kappa shape index (κ1) is 21.6. The first-order chi connectivity index (χ1) is 16.3. The van der Waals surface area contributed by atoms with E-state index in [2.05, 4.69) is 20.8 Å². The number of carboxylic acids is 1. The van der Waals surface area contributed by atoms with E-state index >= 15 is 0 Å². The van der Waals surface area contributed by atoms with Crippen LogP contribution in [0.15, 0.2) is 11.1 Å². The molecule has 7 rings (SSSR count). The predicted octanol–water partition coefficient (Wildman–Crippen LogP) is 2.46. The molecule has 0 bridgehead atoms. The van der Waals surface area contributed by atoms with Crippen LogP contribution in [0, 0.1) is 23.7 Å². The number of aliphatic carboxylic acids is 1. The number of carbonyl (C=O) groups excluding carboxylic acids is 1. The van der Waals surface area contributed by atoms with Crippen LogP contribution in [-0.4, -0.2) is 78.3 Å². The van der Waals surface area contributed by atoms with Gasteiger partial charge in [0.15, 0.2) is 11.7 Å². The molecule has 2 spiro atoms. The normalized spacial score (nSPS) is 51.1. The summed E-state index contributed by atoms with van der Waals surface area (Å²) in [7, 11) is 0. The van der Waals surface area contributed by atoms with Crippen molar-refractivity contribution in [2.45, 2.75) is 87.7 Å². The number of epoxide rings is 3. The lowest BCUT2D eigenvalue weighted by molar-refractivity contribution is -0.138. The maximum atomic E-state index is 12.7. The highest BCUT2D eigenvalue weighted by atomic mass is 16.8. The summed E-state index contributed by atoms with van der Waals surface area (Å²) < 4.78 is 36.6. The summed E-state index contributed by atoms with van der Waals surface area (Å²) in [5, 5.41) is 8.87. The van der Waals surface area contributed by atoms with Gasteiger partial charge in [-0.1, -0.05) is 20.8 Å². The first-order valence-corrected chi connectivity index (χ1v) is 12.6. The smallest absolute Gasteiger partial charge is 0.481 e. The fourth-order valence-corrected chi connectivity index (χ4v) is 8.36. The second-order valence-electron chi connectivity index (χ2n) is 11.5. The average molecular weight is 477 g/mol. The Morgan fingerprint density at radius 2 is 1.97 bits per heavy atom. The highest BCUT2D eigenvalue weighted by Crippen LogP contribution is 2.80. The van der Waals surface area contributed by atoms with E-state index in [0.29, 0.717) is 18.4 Å². The number of carboxylic acid groups (broad SMARTS) is 1. The Hall–Kier alpha value is -1.68. The zero-order chi connectivity index (χ0) is 23.6. The van der Waals surface area contributed by atoms with E-state index < -0.39 is 35.0 Å². The van der Waals surface area contributed by atoms with Gasteiger partial charge in [-0.25, -0.2) is 4.79 Å². The van der Waals surface area contributed by atoms with Crippen molar-refractivity contribution >= 4 is 12.1 Å². The average Bonchev–Trinajstić information content (AvgIpc) is 3.69. The minimum atomic E-state index is -1.03. The fraction of sp³-hybridized carbons (Fsp3) is 0.840. The molecule has 0 aromatic heterocycles. The molecule has 10 unspecified atom stereocenters. The van der Waals surface area contributed by atoms with E-state index in [1.54, 1.807) is 0 Å². The number of hydrogen-bond donors (Lipinski definition) is 1. The van der Waals surface area contributed by atoms with Crippen molar-refractivity contribution in [2.24, 2.45) is 23.7 Å². The van der Waals surface area contributed by atoms with E-state index in [0.717, 1.165) is 25.9 Å². The van der Waals surface area contributed by atoms with Gasteiger partial charge in [0, 0.05) is 5.92 Å². The van der Waals surface area contributed by atoms with Crippen LogP contribution < -0.4 is 0 Å². The molecule has 9 heteroatoms. The van der Waals surface area contributed by atoms with Crippen molar-refractivity contribution in [2.75, 3.05) is 19.8 Å². The topological polar surface area (TPSA) is 120 Å². The third-order valence-corrected chi connectivity index (χ3v) is 9.85. The Labute approximate surface area is 198 Å². The number of ether oxygens (including phenoxy) is 6. The van der Waals surface area contributed by atoms with Gasteiger partial charge in [-0.2, -0.15) is 0 Å². The highest BCUT2D eigenvalue weighted by molar-refractivity contribution is 5.67. The minimum Gasteiger partial charge on any atom is -0.481 e. The van der Waals surface area contributed by atoms with Crippen LogP contribution >= 0.6 is 0 Å². The van der Waals surface area contributed by atoms with Crippen LogP contribution in [0.5, 0.6) is 0 Å². The van der Waals surface area contributed by atoms with E-state index in [1.165, 1.54) is 11.1 Å². The van der Waals surface area contributed by atoms with Crippen molar-refractivity contribution in [1.29, 1.82) is 0 Å². The van der Waals surface area contributed by atoms with Crippen LogP contribution in [0.1, 0.15) is 46.5 Å². The van der Waals surface area contributed by atoms with E-state index in [-0.39, 0.29) is 43.2 Å². The van der Waals surface area contributed by atoms with Crippen molar-refractivity contribution in [1.82, 2.24) is 0 Å². The van der Waals surface area contributed by atoms with Gasteiger partial charge in [0.05, 0.1) is 25.7 Å².